The quantitative estimate of drug-likeness (QED) is 0.896. The lowest BCUT2D eigenvalue weighted by molar-refractivity contribution is 0.0940. The van der Waals surface area contributed by atoms with Crippen LogP contribution in [0.4, 0.5) is 10.5 Å². The summed E-state index contributed by atoms with van der Waals surface area (Å²) in [5, 5.41) is 4.69. The molecule has 0 spiro atoms. The molecular weight excluding hydrogens is 300 g/mol. The van der Waals surface area contributed by atoms with Gasteiger partial charge in [-0.2, -0.15) is 0 Å². The molecular formula is C12H9BrN2O3. The van der Waals surface area contributed by atoms with E-state index in [1.54, 1.807) is 24.3 Å². The molecule has 0 saturated carbocycles. The van der Waals surface area contributed by atoms with Gasteiger partial charge in [0.25, 0.3) is 5.91 Å². The summed E-state index contributed by atoms with van der Waals surface area (Å²) in [6.07, 6.45) is 1.36. The van der Waals surface area contributed by atoms with Crippen molar-refractivity contribution >= 4 is 33.6 Å². The first-order valence-corrected chi connectivity index (χ1v) is 5.86. The van der Waals surface area contributed by atoms with Crippen LogP contribution in [-0.2, 0) is 0 Å². The van der Waals surface area contributed by atoms with Crippen molar-refractivity contribution in [3.8, 4) is 0 Å². The topological polar surface area (TPSA) is 71.3 Å². The van der Waals surface area contributed by atoms with E-state index in [1.807, 2.05) is 6.07 Å². The van der Waals surface area contributed by atoms with E-state index >= 15 is 0 Å². The number of anilines is 1. The third-order valence-corrected chi connectivity index (χ3v) is 2.55. The fourth-order valence-electron chi connectivity index (χ4n) is 1.30. The number of halogens is 1. The molecule has 1 heterocycles. The highest BCUT2D eigenvalue weighted by atomic mass is 79.9. The van der Waals surface area contributed by atoms with E-state index in [4.69, 9.17) is 4.42 Å². The van der Waals surface area contributed by atoms with Crippen molar-refractivity contribution in [1.29, 1.82) is 0 Å². The van der Waals surface area contributed by atoms with E-state index in [1.165, 1.54) is 12.3 Å². The van der Waals surface area contributed by atoms with E-state index in [-0.39, 0.29) is 5.76 Å². The van der Waals surface area contributed by atoms with Gasteiger partial charge in [0.1, 0.15) is 0 Å². The highest BCUT2D eigenvalue weighted by Crippen LogP contribution is 2.15. The number of nitrogens with one attached hydrogen (secondary N) is 2. The summed E-state index contributed by atoms with van der Waals surface area (Å²) in [5.74, 6) is -0.508. The minimum atomic E-state index is -0.616. The van der Waals surface area contributed by atoms with Gasteiger partial charge in [-0.15, -0.1) is 0 Å². The third kappa shape index (κ3) is 3.21. The molecule has 2 aromatic rings. The van der Waals surface area contributed by atoms with Crippen LogP contribution in [0, 0.1) is 0 Å². The molecule has 1 aromatic carbocycles. The van der Waals surface area contributed by atoms with Gasteiger partial charge in [-0.3, -0.25) is 10.1 Å². The van der Waals surface area contributed by atoms with Crippen LogP contribution in [0.25, 0.3) is 0 Å². The normalized spacial score (nSPS) is 9.83. The van der Waals surface area contributed by atoms with Crippen molar-refractivity contribution in [2.45, 2.75) is 0 Å². The molecule has 0 saturated heterocycles. The summed E-state index contributed by atoms with van der Waals surface area (Å²) in [6, 6.07) is 9.46. The van der Waals surface area contributed by atoms with Crippen molar-refractivity contribution < 1.29 is 14.0 Å². The lowest BCUT2D eigenvalue weighted by Crippen LogP contribution is -2.34. The molecule has 92 valence electrons. The summed E-state index contributed by atoms with van der Waals surface area (Å²) in [5.41, 5.74) is 0.578. The van der Waals surface area contributed by atoms with Crippen LogP contribution in [0.15, 0.2) is 51.6 Å². The number of carbonyl (C=O) groups excluding carboxylic acids is 2. The van der Waals surface area contributed by atoms with Crippen LogP contribution in [0.5, 0.6) is 0 Å². The summed E-state index contributed by atoms with van der Waals surface area (Å²) in [7, 11) is 0. The maximum atomic E-state index is 11.5. The Balaban J connectivity index is 1.95. The molecule has 0 aliphatic heterocycles. The molecule has 6 heteroatoms. The first kappa shape index (κ1) is 12.4. The number of hydrogen-bond donors (Lipinski definition) is 2. The lowest BCUT2D eigenvalue weighted by Gasteiger charge is -2.05. The van der Waals surface area contributed by atoms with E-state index in [0.29, 0.717) is 5.69 Å². The van der Waals surface area contributed by atoms with Crippen LogP contribution in [0.1, 0.15) is 10.6 Å². The Morgan fingerprint density at radius 3 is 2.67 bits per heavy atom. The fraction of sp³-hybridized carbons (Fsp3) is 0. The number of imide groups is 1. The molecule has 5 nitrogen and oxygen atoms in total. The summed E-state index contributed by atoms with van der Waals surface area (Å²) < 4.78 is 5.70. The zero-order chi connectivity index (χ0) is 13.0. The standard InChI is InChI=1S/C12H9BrN2O3/c13-8-3-1-4-9(7-8)14-12(17)15-11(16)10-5-2-6-18-10/h1-7H,(H2,14,15,16,17). The molecule has 0 aliphatic rings. The van der Waals surface area contributed by atoms with Gasteiger partial charge in [-0.05, 0) is 30.3 Å². The van der Waals surface area contributed by atoms with E-state index in [2.05, 4.69) is 26.6 Å². The monoisotopic (exact) mass is 308 g/mol. The molecule has 2 rings (SSSR count). The van der Waals surface area contributed by atoms with Crippen molar-refractivity contribution in [3.63, 3.8) is 0 Å². The van der Waals surface area contributed by atoms with Crippen molar-refractivity contribution in [3.05, 3.63) is 52.9 Å². The minimum absolute atomic E-state index is 0.0828. The molecule has 3 amide bonds. The summed E-state index contributed by atoms with van der Waals surface area (Å²) >= 11 is 3.28. The molecule has 0 unspecified atom stereocenters. The average Bonchev–Trinajstić information content (AvgIpc) is 2.81. The van der Waals surface area contributed by atoms with Crippen LogP contribution in [0.3, 0.4) is 0 Å². The Kier molecular flexibility index (Phi) is 3.78. The smallest absolute Gasteiger partial charge is 0.326 e. The highest BCUT2D eigenvalue weighted by Gasteiger charge is 2.12. The lowest BCUT2D eigenvalue weighted by atomic mass is 10.3. The number of hydrogen-bond acceptors (Lipinski definition) is 3. The van der Waals surface area contributed by atoms with E-state index in [9.17, 15) is 9.59 Å². The predicted molar refractivity (Wildman–Crippen MR) is 69.3 cm³/mol. The van der Waals surface area contributed by atoms with Crippen molar-refractivity contribution in [1.82, 2.24) is 5.32 Å². The van der Waals surface area contributed by atoms with Crippen molar-refractivity contribution in [2.75, 3.05) is 5.32 Å². The van der Waals surface area contributed by atoms with Gasteiger partial charge in [0.2, 0.25) is 0 Å². The van der Waals surface area contributed by atoms with E-state index < -0.39 is 11.9 Å². The Morgan fingerprint density at radius 2 is 2.00 bits per heavy atom. The molecule has 1 aromatic heterocycles. The van der Waals surface area contributed by atoms with Crippen LogP contribution >= 0.6 is 15.9 Å². The minimum Gasteiger partial charge on any atom is -0.459 e. The second-order valence-corrected chi connectivity index (χ2v) is 4.31. The van der Waals surface area contributed by atoms with Crippen molar-refractivity contribution in [2.24, 2.45) is 0 Å². The van der Waals surface area contributed by atoms with Gasteiger partial charge in [0.15, 0.2) is 5.76 Å². The number of rotatable bonds is 2. The Morgan fingerprint density at radius 1 is 1.17 bits per heavy atom. The maximum Gasteiger partial charge on any atom is 0.326 e. The van der Waals surface area contributed by atoms with Gasteiger partial charge in [-0.1, -0.05) is 22.0 Å². The Labute approximate surface area is 111 Å². The number of amides is 3. The molecule has 2 N–H and O–H groups in total. The summed E-state index contributed by atoms with van der Waals surface area (Å²) in [4.78, 5) is 23.0. The number of furan rings is 1. The number of carbonyl (C=O) groups is 2. The van der Waals surface area contributed by atoms with E-state index in [0.717, 1.165) is 4.47 Å². The summed E-state index contributed by atoms with van der Waals surface area (Å²) in [6.45, 7) is 0. The third-order valence-electron chi connectivity index (χ3n) is 2.05. The van der Waals surface area contributed by atoms with Crippen LogP contribution in [0.2, 0.25) is 0 Å². The Bertz CT molecular complexity index is 566. The molecule has 0 bridgehead atoms. The van der Waals surface area contributed by atoms with Gasteiger partial charge < -0.3 is 9.73 Å². The van der Waals surface area contributed by atoms with Gasteiger partial charge in [-0.25, -0.2) is 4.79 Å². The second-order valence-electron chi connectivity index (χ2n) is 3.40. The van der Waals surface area contributed by atoms with Crippen LogP contribution in [-0.4, -0.2) is 11.9 Å². The number of urea groups is 1. The second kappa shape index (κ2) is 5.50. The first-order valence-electron chi connectivity index (χ1n) is 5.06. The largest absolute Gasteiger partial charge is 0.459 e. The molecule has 0 radical (unpaired) electrons. The SMILES string of the molecule is O=C(NC(=O)c1ccco1)Nc1cccc(Br)c1. The maximum absolute atomic E-state index is 11.5. The fourth-order valence-corrected chi connectivity index (χ4v) is 1.70. The van der Waals surface area contributed by atoms with Gasteiger partial charge in [0.05, 0.1) is 6.26 Å². The van der Waals surface area contributed by atoms with Gasteiger partial charge in [0, 0.05) is 10.2 Å². The number of benzene rings is 1. The first-order chi connectivity index (χ1) is 8.65. The molecule has 0 fully saturated rings. The van der Waals surface area contributed by atoms with Gasteiger partial charge >= 0.3 is 6.03 Å². The molecule has 0 atom stereocenters. The average molecular weight is 309 g/mol. The Hall–Kier alpha value is -2.08. The molecule has 18 heavy (non-hydrogen) atoms. The highest BCUT2D eigenvalue weighted by molar-refractivity contribution is 9.10. The zero-order valence-corrected chi connectivity index (χ0v) is 10.7. The van der Waals surface area contributed by atoms with Crippen LogP contribution < -0.4 is 10.6 Å². The zero-order valence-electron chi connectivity index (χ0n) is 9.14. The predicted octanol–water partition coefficient (Wildman–Crippen LogP) is 3.00. The molecule has 0 aliphatic carbocycles.